The van der Waals surface area contributed by atoms with Crippen LogP contribution in [0.5, 0.6) is 0 Å². The summed E-state index contributed by atoms with van der Waals surface area (Å²) in [6.45, 7) is 7.15. The predicted octanol–water partition coefficient (Wildman–Crippen LogP) is 9.45. The maximum absolute atomic E-state index is 10.6. The molecule has 2 atom stereocenters. The van der Waals surface area contributed by atoms with Gasteiger partial charge < -0.3 is 30.0 Å². The average molecular weight is 816 g/mol. The second-order valence-corrected chi connectivity index (χ2v) is 14.5. The van der Waals surface area contributed by atoms with E-state index in [9.17, 15) is 30.0 Å². The summed E-state index contributed by atoms with van der Waals surface area (Å²) in [6, 6.07) is 0. The monoisotopic (exact) mass is 816 g/mol. The number of carbonyl (C=O) groups excluding carboxylic acids is 2. The van der Waals surface area contributed by atoms with Gasteiger partial charge in [0.25, 0.3) is 0 Å². The number of carboxylic acid groups (broad SMARTS) is 2. The minimum absolute atomic E-state index is 0. The number of carbonyl (C=O) groups is 2. The molecule has 0 fully saturated rings. The fourth-order valence-corrected chi connectivity index (χ4v) is 5.64. The fraction of sp³-hybridized carbons (Fsp3) is 0.857. The Morgan fingerprint density at radius 1 is 0.429 bits per heavy atom. The van der Waals surface area contributed by atoms with E-state index in [-0.39, 0.29) is 61.7 Å². The molecule has 0 aromatic carbocycles. The molecule has 0 aromatic rings. The molecular formula is C42H78BaO6. The molecule has 7 heteroatoms. The van der Waals surface area contributed by atoms with Crippen LogP contribution in [0.3, 0.4) is 0 Å². The van der Waals surface area contributed by atoms with Gasteiger partial charge in [0.15, 0.2) is 0 Å². The van der Waals surface area contributed by atoms with Crippen LogP contribution in [-0.2, 0) is 9.59 Å². The van der Waals surface area contributed by atoms with Gasteiger partial charge in [-0.1, -0.05) is 167 Å². The molecule has 0 radical (unpaired) electrons. The van der Waals surface area contributed by atoms with E-state index in [0.717, 1.165) is 38.5 Å². The molecule has 0 rings (SSSR count). The average Bonchev–Trinajstić information content (AvgIpc) is 3.04. The molecular weight excluding hydrogens is 738 g/mol. The zero-order chi connectivity index (χ0) is 36.2. The molecule has 0 saturated heterocycles. The van der Waals surface area contributed by atoms with E-state index >= 15 is 0 Å². The molecule has 0 aliphatic heterocycles. The summed E-state index contributed by atoms with van der Waals surface area (Å²) in [5.74, 6) is -2.73. The maximum Gasteiger partial charge on any atom is 2.00 e. The van der Waals surface area contributed by atoms with Crippen molar-refractivity contribution in [1.82, 2.24) is 0 Å². The topological polar surface area (TPSA) is 121 Å². The van der Waals surface area contributed by atoms with E-state index in [2.05, 4.69) is 38.2 Å². The summed E-state index contributed by atoms with van der Waals surface area (Å²) in [6.07, 6.45) is 44.1. The predicted molar refractivity (Wildman–Crippen MR) is 205 cm³/mol. The van der Waals surface area contributed by atoms with E-state index in [0.29, 0.717) is 0 Å². The summed E-state index contributed by atoms with van der Waals surface area (Å²) >= 11 is 0. The fourth-order valence-electron chi connectivity index (χ4n) is 5.64. The third-order valence-corrected chi connectivity index (χ3v) is 9.23. The van der Waals surface area contributed by atoms with Gasteiger partial charge in [0.05, 0.1) is 11.9 Å². The van der Waals surface area contributed by atoms with Crippen LogP contribution in [0.2, 0.25) is 0 Å². The maximum atomic E-state index is 10.6. The molecule has 2 N–H and O–H groups in total. The van der Waals surface area contributed by atoms with Crippen LogP contribution in [0.25, 0.3) is 0 Å². The van der Waals surface area contributed by atoms with Crippen molar-refractivity contribution in [2.45, 2.75) is 232 Å². The minimum Gasteiger partial charge on any atom is -0.547 e. The SMILES string of the molecule is CCCCCCCC/C=C/CCCCCCCCC(C)(O)C(=O)[O-].CCCCCCCC/C=C/CCCCCCCCC(C)(O)C(=O)[O-].[Ba+2]. The van der Waals surface area contributed by atoms with Crippen molar-refractivity contribution in [2.75, 3.05) is 0 Å². The van der Waals surface area contributed by atoms with Gasteiger partial charge in [0.2, 0.25) is 0 Å². The molecule has 0 spiro atoms. The number of unbranched alkanes of at least 4 members (excludes halogenated alkanes) is 24. The molecule has 49 heavy (non-hydrogen) atoms. The third kappa shape index (κ3) is 40.5. The van der Waals surface area contributed by atoms with Crippen molar-refractivity contribution in [3.8, 4) is 0 Å². The molecule has 6 nitrogen and oxygen atoms in total. The van der Waals surface area contributed by atoms with E-state index in [1.807, 2.05) is 0 Å². The van der Waals surface area contributed by atoms with Gasteiger partial charge in [-0.3, -0.25) is 0 Å². The summed E-state index contributed by atoms with van der Waals surface area (Å²) in [5, 5.41) is 40.4. The van der Waals surface area contributed by atoms with Crippen molar-refractivity contribution in [2.24, 2.45) is 0 Å². The zero-order valence-corrected chi connectivity index (χ0v) is 37.2. The van der Waals surface area contributed by atoms with Gasteiger partial charge in [-0.05, 0) is 78.1 Å². The first kappa shape index (κ1) is 53.3. The van der Waals surface area contributed by atoms with Gasteiger partial charge in [0, 0.05) is 0 Å². The number of rotatable bonds is 34. The quantitative estimate of drug-likeness (QED) is 0.0380. The summed E-state index contributed by atoms with van der Waals surface area (Å²) in [4.78, 5) is 21.3. The largest absolute Gasteiger partial charge is 2.00 e. The van der Waals surface area contributed by atoms with Gasteiger partial charge in [-0.15, -0.1) is 0 Å². The third-order valence-electron chi connectivity index (χ3n) is 9.23. The molecule has 284 valence electrons. The minimum atomic E-state index is -1.67. The van der Waals surface area contributed by atoms with Crippen LogP contribution in [0.15, 0.2) is 24.3 Å². The first-order valence-electron chi connectivity index (χ1n) is 20.2. The first-order valence-corrected chi connectivity index (χ1v) is 20.2. The Labute approximate surface area is 343 Å². The molecule has 2 unspecified atom stereocenters. The van der Waals surface area contributed by atoms with Gasteiger partial charge in [-0.2, -0.15) is 0 Å². The molecule has 0 heterocycles. The van der Waals surface area contributed by atoms with E-state index in [1.54, 1.807) is 0 Å². The Morgan fingerprint density at radius 3 is 0.857 bits per heavy atom. The van der Waals surface area contributed by atoms with Crippen LogP contribution in [0.4, 0.5) is 0 Å². The second kappa shape index (κ2) is 39.1. The number of carboxylic acids is 2. The van der Waals surface area contributed by atoms with Crippen molar-refractivity contribution in [3.05, 3.63) is 24.3 Å². The van der Waals surface area contributed by atoms with Gasteiger partial charge >= 0.3 is 48.9 Å². The number of allylic oxidation sites excluding steroid dienone is 4. The van der Waals surface area contributed by atoms with Gasteiger partial charge in [-0.25, -0.2) is 0 Å². The van der Waals surface area contributed by atoms with Crippen molar-refractivity contribution in [1.29, 1.82) is 0 Å². The summed E-state index contributed by atoms with van der Waals surface area (Å²) in [7, 11) is 0. The molecule has 0 bridgehead atoms. The van der Waals surface area contributed by atoms with Gasteiger partial charge in [0.1, 0.15) is 11.2 Å². The van der Waals surface area contributed by atoms with Crippen molar-refractivity contribution >= 4 is 60.8 Å². The normalized spacial score (nSPS) is 13.8. The van der Waals surface area contributed by atoms with E-state index in [1.165, 1.54) is 155 Å². The van der Waals surface area contributed by atoms with Crippen LogP contribution < -0.4 is 10.2 Å². The van der Waals surface area contributed by atoms with E-state index in [4.69, 9.17) is 0 Å². The smallest absolute Gasteiger partial charge is 0.547 e. The van der Waals surface area contributed by atoms with Crippen LogP contribution in [-0.4, -0.2) is 82.2 Å². The number of aliphatic hydroxyl groups is 2. The van der Waals surface area contributed by atoms with E-state index < -0.39 is 23.1 Å². The zero-order valence-electron chi connectivity index (χ0n) is 32.8. The first-order chi connectivity index (χ1) is 23.0. The standard InChI is InChI=1S/2C21H40O3.Ba/c2*1-3-4-5-6-7-8-9-10-11-12-13-14-15-16-17-18-19-21(2,24)20(22)23;/h2*10-11,24H,3-9,12-19H2,1-2H3,(H,22,23);/q;;+2/p-2/b2*11-10+;. The van der Waals surface area contributed by atoms with Crippen LogP contribution in [0.1, 0.15) is 220 Å². The molecule has 0 amide bonds. The Kier molecular flexibility index (Phi) is 42.5. The van der Waals surface area contributed by atoms with Crippen molar-refractivity contribution < 1.29 is 30.0 Å². The Morgan fingerprint density at radius 2 is 0.633 bits per heavy atom. The number of hydrogen-bond donors (Lipinski definition) is 2. The van der Waals surface area contributed by atoms with Crippen molar-refractivity contribution in [3.63, 3.8) is 0 Å². The Balaban J connectivity index is -0.000000846. The summed E-state index contributed by atoms with van der Waals surface area (Å²) in [5.41, 5.74) is -3.33. The van der Waals surface area contributed by atoms with Crippen LogP contribution in [0, 0.1) is 0 Å². The number of aliphatic carboxylic acids is 2. The second-order valence-electron chi connectivity index (χ2n) is 14.5. The molecule has 0 aromatic heterocycles. The summed E-state index contributed by atoms with van der Waals surface area (Å²) < 4.78 is 0. The van der Waals surface area contributed by atoms with Crippen LogP contribution >= 0.6 is 0 Å². The number of hydrogen-bond acceptors (Lipinski definition) is 6. The molecule has 0 aliphatic carbocycles. The Bertz CT molecular complexity index is 713. The molecule has 0 aliphatic rings. The molecule has 0 saturated carbocycles. The Hall–Kier alpha value is -0.0886.